The number of benzene rings is 2. The molecule has 1 aliphatic carbocycles. The number of nitrogens with two attached hydrogens (primary N) is 1. The van der Waals surface area contributed by atoms with E-state index in [1.54, 1.807) is 24.3 Å². The van der Waals surface area contributed by atoms with Crippen molar-refractivity contribution in [3.05, 3.63) is 58.6 Å². The first kappa shape index (κ1) is 19.0. The van der Waals surface area contributed by atoms with Crippen molar-refractivity contribution >= 4 is 23.4 Å². The van der Waals surface area contributed by atoms with Gasteiger partial charge in [0.2, 0.25) is 5.91 Å². The number of ether oxygens (including phenoxy) is 2. The third kappa shape index (κ3) is 4.34. The van der Waals surface area contributed by atoms with E-state index >= 15 is 0 Å². The van der Waals surface area contributed by atoms with Crippen molar-refractivity contribution < 1.29 is 19.1 Å². The van der Waals surface area contributed by atoms with Crippen LogP contribution in [-0.2, 0) is 21.5 Å². The van der Waals surface area contributed by atoms with Gasteiger partial charge in [-0.1, -0.05) is 29.8 Å². The first-order valence-electron chi connectivity index (χ1n) is 8.57. The maximum Gasteiger partial charge on any atom is 0.255 e. The lowest BCUT2D eigenvalue weighted by Crippen LogP contribution is -2.34. The summed E-state index contributed by atoms with van der Waals surface area (Å²) in [5, 5.41) is 3.62. The molecule has 1 fully saturated rings. The van der Waals surface area contributed by atoms with Gasteiger partial charge < -0.3 is 20.5 Å². The third-order valence-electron chi connectivity index (χ3n) is 4.61. The molecular weight excluding hydrogens is 368 g/mol. The number of hydrogen-bond acceptors (Lipinski definition) is 4. The van der Waals surface area contributed by atoms with E-state index in [2.05, 4.69) is 5.32 Å². The number of amides is 2. The van der Waals surface area contributed by atoms with Gasteiger partial charge in [0, 0.05) is 11.6 Å². The van der Waals surface area contributed by atoms with E-state index in [1.807, 2.05) is 18.2 Å². The van der Waals surface area contributed by atoms with E-state index in [0.717, 1.165) is 24.0 Å². The second-order valence-electron chi connectivity index (χ2n) is 6.52. The number of rotatable bonds is 8. The van der Waals surface area contributed by atoms with Crippen LogP contribution >= 0.6 is 11.6 Å². The molecule has 0 bridgehead atoms. The molecule has 0 radical (unpaired) electrons. The largest absolute Gasteiger partial charge is 0.493 e. The van der Waals surface area contributed by atoms with Crippen molar-refractivity contribution in [2.75, 3.05) is 13.7 Å². The topological polar surface area (TPSA) is 90.7 Å². The second kappa shape index (κ2) is 7.88. The quantitative estimate of drug-likeness (QED) is 0.727. The zero-order valence-corrected chi connectivity index (χ0v) is 15.7. The summed E-state index contributed by atoms with van der Waals surface area (Å²) in [5.74, 6) is 0.310. The van der Waals surface area contributed by atoms with Crippen LogP contribution in [-0.4, -0.2) is 25.5 Å². The van der Waals surface area contributed by atoms with Crippen LogP contribution in [0, 0.1) is 0 Å². The molecule has 3 rings (SSSR count). The average molecular weight is 389 g/mol. The number of halogens is 1. The number of carbonyl (C=O) groups excluding carboxylic acids is 2. The van der Waals surface area contributed by atoms with Gasteiger partial charge in [-0.2, -0.15) is 0 Å². The summed E-state index contributed by atoms with van der Waals surface area (Å²) in [6.07, 6.45) is 1.62. The van der Waals surface area contributed by atoms with Crippen LogP contribution in [0.25, 0.3) is 0 Å². The summed E-state index contributed by atoms with van der Waals surface area (Å²) < 4.78 is 10.6. The molecule has 0 aliphatic heterocycles. The van der Waals surface area contributed by atoms with Crippen LogP contribution in [0.15, 0.2) is 42.5 Å². The molecule has 3 N–H and O–H groups in total. The first-order valence-corrected chi connectivity index (χ1v) is 8.95. The van der Waals surface area contributed by atoms with E-state index in [4.69, 9.17) is 26.8 Å². The minimum Gasteiger partial charge on any atom is -0.493 e. The van der Waals surface area contributed by atoms with Gasteiger partial charge in [0.15, 0.2) is 18.1 Å². The predicted octanol–water partition coefficient (Wildman–Crippen LogP) is 2.56. The molecule has 0 heterocycles. The summed E-state index contributed by atoms with van der Waals surface area (Å²) in [5.41, 5.74) is 6.40. The normalized spacial score (nSPS) is 14.3. The van der Waals surface area contributed by atoms with Crippen LogP contribution in [0.5, 0.6) is 11.5 Å². The molecule has 142 valence electrons. The van der Waals surface area contributed by atoms with E-state index in [1.165, 1.54) is 7.11 Å². The van der Waals surface area contributed by atoms with Gasteiger partial charge >= 0.3 is 0 Å². The van der Waals surface area contributed by atoms with Gasteiger partial charge in [-0.25, -0.2) is 0 Å². The van der Waals surface area contributed by atoms with E-state index < -0.39 is 11.3 Å². The van der Waals surface area contributed by atoms with Gasteiger partial charge in [-0.15, -0.1) is 0 Å². The molecule has 0 aromatic heterocycles. The lowest BCUT2D eigenvalue weighted by molar-refractivity contribution is -0.123. The van der Waals surface area contributed by atoms with Crippen molar-refractivity contribution in [1.82, 2.24) is 5.32 Å². The highest BCUT2D eigenvalue weighted by molar-refractivity contribution is 6.30. The van der Waals surface area contributed by atoms with E-state index in [0.29, 0.717) is 23.1 Å². The molecular formula is C20H21ClN2O4. The summed E-state index contributed by atoms with van der Waals surface area (Å²) >= 11 is 6.06. The summed E-state index contributed by atoms with van der Waals surface area (Å²) in [6.45, 7) is 0.127. The Labute approximate surface area is 162 Å². The Hall–Kier alpha value is -2.73. The Bertz CT molecular complexity index is 865. The fourth-order valence-corrected chi connectivity index (χ4v) is 3.19. The molecule has 6 nitrogen and oxygen atoms in total. The molecule has 2 aromatic carbocycles. The Morgan fingerprint density at radius 3 is 2.59 bits per heavy atom. The fourth-order valence-electron chi connectivity index (χ4n) is 3.00. The maximum absolute atomic E-state index is 12.7. The number of primary amides is 1. The van der Waals surface area contributed by atoms with Gasteiger partial charge in [0.1, 0.15) is 0 Å². The van der Waals surface area contributed by atoms with Crippen molar-refractivity contribution in [3.8, 4) is 11.5 Å². The lowest BCUT2D eigenvalue weighted by Gasteiger charge is -2.17. The Morgan fingerprint density at radius 2 is 1.96 bits per heavy atom. The lowest BCUT2D eigenvalue weighted by atomic mass is 9.95. The van der Waals surface area contributed by atoms with Gasteiger partial charge in [0.05, 0.1) is 12.5 Å². The molecule has 2 aromatic rings. The Morgan fingerprint density at radius 1 is 1.19 bits per heavy atom. The predicted molar refractivity (Wildman–Crippen MR) is 102 cm³/mol. The highest BCUT2D eigenvalue weighted by Gasteiger charge is 2.51. The van der Waals surface area contributed by atoms with Crippen molar-refractivity contribution in [3.63, 3.8) is 0 Å². The highest BCUT2D eigenvalue weighted by Crippen LogP contribution is 2.48. The zero-order chi connectivity index (χ0) is 19.4. The highest BCUT2D eigenvalue weighted by atomic mass is 35.5. The van der Waals surface area contributed by atoms with E-state index in [9.17, 15) is 9.59 Å². The minimum absolute atomic E-state index is 0.0159. The van der Waals surface area contributed by atoms with Gasteiger partial charge in [-0.05, 0) is 48.2 Å². The number of methoxy groups -OCH3 is 1. The summed E-state index contributed by atoms with van der Waals surface area (Å²) in [7, 11) is 1.51. The minimum atomic E-state index is -0.566. The molecule has 2 amide bonds. The van der Waals surface area contributed by atoms with E-state index in [-0.39, 0.29) is 12.5 Å². The molecule has 0 atom stereocenters. The van der Waals surface area contributed by atoms with Crippen molar-refractivity contribution in [2.24, 2.45) is 5.73 Å². The summed E-state index contributed by atoms with van der Waals surface area (Å²) in [4.78, 5) is 23.6. The SMILES string of the molecule is COc1cc(CNC(=O)C2(c3cccc(Cl)c3)CC2)ccc1OCC(N)=O. The standard InChI is InChI=1S/C20H21ClN2O4/c1-26-17-9-13(5-6-16(17)27-12-18(22)24)11-23-19(25)20(7-8-20)14-3-2-4-15(21)10-14/h2-6,9-10H,7-8,11-12H2,1H3,(H2,22,24)(H,23,25). The fraction of sp³-hybridized carbons (Fsp3) is 0.300. The van der Waals surface area contributed by atoms with Crippen molar-refractivity contribution in [2.45, 2.75) is 24.8 Å². The molecule has 0 unspecified atom stereocenters. The van der Waals surface area contributed by atoms with Gasteiger partial charge in [-0.3, -0.25) is 9.59 Å². The van der Waals surface area contributed by atoms with Crippen LogP contribution in [0.3, 0.4) is 0 Å². The average Bonchev–Trinajstić information content (AvgIpc) is 3.46. The molecule has 1 aliphatic rings. The van der Waals surface area contributed by atoms with Crippen LogP contribution in [0.1, 0.15) is 24.0 Å². The number of carbonyl (C=O) groups is 2. The number of hydrogen-bond donors (Lipinski definition) is 2. The van der Waals surface area contributed by atoms with Crippen LogP contribution in [0.4, 0.5) is 0 Å². The molecule has 0 saturated heterocycles. The Balaban J connectivity index is 1.66. The number of nitrogens with one attached hydrogen (secondary N) is 1. The molecule has 1 saturated carbocycles. The maximum atomic E-state index is 12.7. The zero-order valence-electron chi connectivity index (χ0n) is 15.0. The van der Waals surface area contributed by atoms with Crippen LogP contribution < -0.4 is 20.5 Å². The third-order valence-corrected chi connectivity index (χ3v) is 4.85. The molecule has 27 heavy (non-hydrogen) atoms. The monoisotopic (exact) mass is 388 g/mol. The molecule has 0 spiro atoms. The van der Waals surface area contributed by atoms with Gasteiger partial charge in [0.25, 0.3) is 5.91 Å². The Kier molecular flexibility index (Phi) is 5.56. The first-order chi connectivity index (χ1) is 12.9. The molecule has 7 heteroatoms. The summed E-state index contributed by atoms with van der Waals surface area (Å²) in [6, 6.07) is 12.7. The smallest absolute Gasteiger partial charge is 0.255 e. The second-order valence-corrected chi connectivity index (χ2v) is 6.95. The van der Waals surface area contributed by atoms with Crippen LogP contribution in [0.2, 0.25) is 5.02 Å². The van der Waals surface area contributed by atoms with Crippen molar-refractivity contribution in [1.29, 1.82) is 0 Å².